The molecule has 100 valence electrons. The summed E-state index contributed by atoms with van der Waals surface area (Å²) in [5.74, 6) is -2.80. The fourth-order valence-electron chi connectivity index (χ4n) is 1.22. The molecule has 0 amide bonds. The van der Waals surface area contributed by atoms with Crippen molar-refractivity contribution in [1.82, 2.24) is 6.15 Å². The van der Waals surface area contributed by atoms with Crippen LogP contribution in [0.5, 0.6) is 0 Å². The van der Waals surface area contributed by atoms with E-state index in [2.05, 4.69) is 0 Å². The van der Waals surface area contributed by atoms with Crippen LogP contribution in [0.3, 0.4) is 0 Å². The summed E-state index contributed by atoms with van der Waals surface area (Å²) in [7, 11) is 0. The van der Waals surface area contributed by atoms with E-state index in [0.717, 1.165) is 5.56 Å². The van der Waals surface area contributed by atoms with E-state index in [1.807, 2.05) is 0 Å². The van der Waals surface area contributed by atoms with E-state index in [1.54, 1.807) is 30.3 Å². The molecule has 0 bridgehead atoms. The Kier molecular flexibility index (Phi) is 6.58. The van der Waals surface area contributed by atoms with Crippen molar-refractivity contribution in [1.29, 1.82) is 0 Å². The number of carboxylic acids is 2. The van der Waals surface area contributed by atoms with Crippen molar-refractivity contribution in [2.75, 3.05) is 0 Å². The number of rotatable bonds is 6. The lowest BCUT2D eigenvalue weighted by atomic mass is 10.1. The van der Waals surface area contributed by atoms with Gasteiger partial charge in [0.1, 0.15) is 6.04 Å². The minimum atomic E-state index is -1.59. The minimum Gasteiger partial charge on any atom is -0.480 e. The summed E-state index contributed by atoms with van der Waals surface area (Å²) in [6.45, 7) is -0.00120. The van der Waals surface area contributed by atoms with Gasteiger partial charge in [-0.2, -0.15) is 0 Å². The Bertz CT molecular complexity index is 396. The average Bonchev–Trinajstić information content (AvgIpc) is 2.29. The maximum absolute atomic E-state index is 10.8. The molecule has 0 spiro atoms. The maximum Gasteiger partial charge on any atom is 0.335 e. The summed E-state index contributed by atoms with van der Waals surface area (Å²) in [6, 6.07) is 7.24. The van der Waals surface area contributed by atoms with Gasteiger partial charge in [-0.3, -0.25) is 4.79 Å². The Balaban J connectivity index is 0.00000289. The third-order valence-corrected chi connectivity index (χ3v) is 2.13. The molecule has 7 nitrogen and oxygen atoms in total. The summed E-state index contributed by atoms with van der Waals surface area (Å²) < 4.78 is 5.01. The van der Waals surface area contributed by atoms with Crippen LogP contribution in [0.25, 0.3) is 0 Å². The van der Waals surface area contributed by atoms with Gasteiger partial charge in [-0.1, -0.05) is 30.3 Å². The zero-order valence-corrected chi connectivity index (χ0v) is 9.65. The molecule has 0 radical (unpaired) electrons. The van der Waals surface area contributed by atoms with E-state index >= 15 is 0 Å². The predicted molar refractivity (Wildman–Crippen MR) is 63.3 cm³/mol. The Labute approximate surface area is 104 Å². The first-order chi connectivity index (χ1) is 8.02. The van der Waals surface area contributed by atoms with Crippen LogP contribution in [0.4, 0.5) is 0 Å². The summed E-state index contributed by atoms with van der Waals surface area (Å²) >= 11 is 0. The molecule has 0 heterocycles. The van der Waals surface area contributed by atoms with Crippen molar-refractivity contribution in [3.05, 3.63) is 35.9 Å². The Hall–Kier alpha value is -1.96. The molecule has 0 saturated heterocycles. The van der Waals surface area contributed by atoms with Gasteiger partial charge in [0.15, 0.2) is 6.10 Å². The Morgan fingerprint density at radius 3 is 2.17 bits per heavy atom. The normalized spacial score (nSPS) is 13.2. The lowest BCUT2D eigenvalue weighted by Crippen LogP contribution is -2.47. The van der Waals surface area contributed by atoms with E-state index in [9.17, 15) is 9.59 Å². The third-order valence-electron chi connectivity index (χ3n) is 2.13. The lowest BCUT2D eigenvalue weighted by molar-refractivity contribution is -0.159. The summed E-state index contributed by atoms with van der Waals surface area (Å²) in [5.41, 5.74) is 5.97. The van der Waals surface area contributed by atoms with E-state index in [-0.39, 0.29) is 12.8 Å². The van der Waals surface area contributed by atoms with Crippen LogP contribution in [0, 0.1) is 0 Å². The highest BCUT2D eigenvalue weighted by molar-refractivity contribution is 5.84. The molecular formula is C11H16N2O5. The van der Waals surface area contributed by atoms with Crippen molar-refractivity contribution < 1.29 is 24.5 Å². The van der Waals surface area contributed by atoms with Gasteiger partial charge >= 0.3 is 11.9 Å². The molecule has 0 unspecified atom stereocenters. The third kappa shape index (κ3) is 4.50. The molecule has 2 atom stereocenters. The van der Waals surface area contributed by atoms with Crippen LogP contribution in [-0.4, -0.2) is 34.3 Å². The van der Waals surface area contributed by atoms with Crippen molar-refractivity contribution >= 4 is 11.9 Å². The van der Waals surface area contributed by atoms with Crippen molar-refractivity contribution in [2.45, 2.75) is 18.8 Å². The second-order valence-corrected chi connectivity index (χ2v) is 3.42. The second kappa shape index (κ2) is 7.38. The molecule has 1 aromatic rings. The maximum atomic E-state index is 10.8. The second-order valence-electron chi connectivity index (χ2n) is 3.42. The van der Waals surface area contributed by atoms with Gasteiger partial charge in [0, 0.05) is 0 Å². The van der Waals surface area contributed by atoms with Gasteiger partial charge in [-0.05, 0) is 5.56 Å². The van der Waals surface area contributed by atoms with E-state index in [0.29, 0.717) is 0 Å². The fourth-order valence-corrected chi connectivity index (χ4v) is 1.22. The smallest absolute Gasteiger partial charge is 0.335 e. The van der Waals surface area contributed by atoms with Crippen LogP contribution in [0.1, 0.15) is 5.56 Å². The van der Waals surface area contributed by atoms with Gasteiger partial charge in [0.25, 0.3) is 0 Å². The predicted octanol–water partition coefficient (Wildman–Crippen LogP) is 0.230. The van der Waals surface area contributed by atoms with Crippen molar-refractivity contribution in [2.24, 2.45) is 5.73 Å². The van der Waals surface area contributed by atoms with Gasteiger partial charge in [0.2, 0.25) is 0 Å². The van der Waals surface area contributed by atoms with Gasteiger partial charge in [0.05, 0.1) is 6.61 Å². The first-order valence-corrected chi connectivity index (χ1v) is 4.89. The molecule has 0 aliphatic heterocycles. The van der Waals surface area contributed by atoms with Crippen LogP contribution < -0.4 is 11.9 Å². The minimum absolute atomic E-state index is 0. The van der Waals surface area contributed by atoms with Crippen LogP contribution in [0.2, 0.25) is 0 Å². The number of carbonyl (C=O) groups is 2. The van der Waals surface area contributed by atoms with Gasteiger partial charge in [-0.15, -0.1) is 0 Å². The number of nitrogens with two attached hydrogens (primary N) is 1. The van der Waals surface area contributed by atoms with E-state index in [4.69, 9.17) is 20.7 Å². The fraction of sp³-hybridized carbons (Fsp3) is 0.273. The number of ether oxygens (including phenoxy) is 1. The topological polar surface area (TPSA) is 145 Å². The SMILES string of the molecule is N.N[C@H](C(=O)O)[C@H](OCc1ccccc1)C(=O)O. The van der Waals surface area contributed by atoms with Crippen LogP contribution in [0.15, 0.2) is 30.3 Å². The highest BCUT2D eigenvalue weighted by Gasteiger charge is 2.31. The number of hydrogen-bond donors (Lipinski definition) is 4. The summed E-state index contributed by atoms with van der Waals surface area (Å²) in [6.07, 6.45) is -1.56. The zero-order valence-electron chi connectivity index (χ0n) is 9.65. The first-order valence-electron chi connectivity index (χ1n) is 4.89. The van der Waals surface area contributed by atoms with Gasteiger partial charge in [-0.25, -0.2) is 4.79 Å². The summed E-state index contributed by atoms with van der Waals surface area (Å²) in [4.78, 5) is 21.4. The van der Waals surface area contributed by atoms with E-state index < -0.39 is 24.1 Å². The van der Waals surface area contributed by atoms with Crippen molar-refractivity contribution in [3.8, 4) is 0 Å². The molecule has 18 heavy (non-hydrogen) atoms. The molecule has 0 aliphatic carbocycles. The number of aliphatic carboxylic acids is 2. The molecule has 7 N–H and O–H groups in total. The van der Waals surface area contributed by atoms with Gasteiger partial charge < -0.3 is 26.8 Å². The molecule has 0 aliphatic rings. The molecule has 1 rings (SSSR count). The molecular weight excluding hydrogens is 240 g/mol. The lowest BCUT2D eigenvalue weighted by Gasteiger charge is -2.17. The monoisotopic (exact) mass is 256 g/mol. The average molecular weight is 256 g/mol. The molecule has 1 aromatic carbocycles. The largest absolute Gasteiger partial charge is 0.480 e. The first kappa shape index (κ1) is 16.0. The highest BCUT2D eigenvalue weighted by Crippen LogP contribution is 2.06. The Morgan fingerprint density at radius 1 is 1.17 bits per heavy atom. The zero-order chi connectivity index (χ0) is 12.8. The van der Waals surface area contributed by atoms with E-state index in [1.165, 1.54) is 0 Å². The number of hydrogen-bond acceptors (Lipinski definition) is 5. The Morgan fingerprint density at radius 2 is 1.72 bits per heavy atom. The van der Waals surface area contributed by atoms with Crippen LogP contribution in [-0.2, 0) is 20.9 Å². The molecule has 0 fully saturated rings. The molecule has 0 aromatic heterocycles. The number of carboxylic acid groups (broad SMARTS) is 2. The molecule has 0 saturated carbocycles. The highest BCUT2D eigenvalue weighted by atomic mass is 16.5. The number of benzene rings is 1. The standard InChI is InChI=1S/C11H13NO5.H3N/c12-8(10(13)14)9(11(15)16)17-6-7-4-2-1-3-5-7;/h1-5,8-9H,6,12H2,(H,13,14)(H,15,16);1H3/t8-,9-;/m0./s1. The molecule has 7 heteroatoms. The van der Waals surface area contributed by atoms with Crippen molar-refractivity contribution in [3.63, 3.8) is 0 Å². The van der Waals surface area contributed by atoms with Crippen LogP contribution >= 0.6 is 0 Å². The summed E-state index contributed by atoms with van der Waals surface area (Å²) in [5, 5.41) is 17.4. The quantitative estimate of drug-likeness (QED) is 0.570.